The summed E-state index contributed by atoms with van der Waals surface area (Å²) >= 11 is 1.48. The molecular weight excluding hydrogens is 384 g/mol. The summed E-state index contributed by atoms with van der Waals surface area (Å²) in [5.74, 6) is 0.261. The van der Waals surface area contributed by atoms with Crippen LogP contribution in [0.25, 0.3) is 0 Å². The first-order valence-electron chi connectivity index (χ1n) is 8.34. The summed E-state index contributed by atoms with van der Waals surface area (Å²) in [6, 6.07) is 11.4. The van der Waals surface area contributed by atoms with E-state index in [9.17, 15) is 13.2 Å². The number of benzene rings is 1. The van der Waals surface area contributed by atoms with Gasteiger partial charge in [0.2, 0.25) is 10.0 Å². The molecule has 0 unspecified atom stereocenters. The van der Waals surface area contributed by atoms with E-state index < -0.39 is 10.0 Å². The van der Waals surface area contributed by atoms with Gasteiger partial charge in [0, 0.05) is 29.1 Å². The molecule has 0 spiro atoms. The van der Waals surface area contributed by atoms with Gasteiger partial charge in [-0.05, 0) is 49.6 Å². The van der Waals surface area contributed by atoms with Crippen LogP contribution in [0.1, 0.15) is 35.1 Å². The molecule has 0 radical (unpaired) electrons. The smallest absolute Gasteiger partial charge is 0.256 e. The van der Waals surface area contributed by atoms with Crippen LogP contribution in [0.4, 0.5) is 5.82 Å². The molecular formula is C18H20N4O3S2. The van der Waals surface area contributed by atoms with E-state index >= 15 is 0 Å². The fourth-order valence-electron chi connectivity index (χ4n) is 2.46. The maximum atomic E-state index is 12.4. The molecule has 3 aromatic rings. The average Bonchev–Trinajstić information content (AvgIpc) is 3.32. The molecule has 0 saturated heterocycles. The van der Waals surface area contributed by atoms with Gasteiger partial charge in [-0.3, -0.25) is 4.79 Å². The minimum atomic E-state index is -3.64. The molecule has 0 bridgehead atoms. The van der Waals surface area contributed by atoms with Crippen LogP contribution in [0.3, 0.4) is 0 Å². The lowest BCUT2D eigenvalue weighted by Gasteiger charge is -2.12. The Labute approximate surface area is 162 Å². The molecule has 142 valence electrons. The van der Waals surface area contributed by atoms with Crippen molar-refractivity contribution >= 4 is 33.1 Å². The van der Waals surface area contributed by atoms with E-state index in [-0.39, 0.29) is 23.4 Å². The number of rotatable bonds is 7. The highest BCUT2D eigenvalue weighted by atomic mass is 32.2. The standard InChI is InChI=1S/C18H20N4O3S2/c1-13(2)22-17(9-10-19-22)21-18(23)14-5-7-16(8-6-14)27(24,25)20-12-15-4-3-11-26-15/h3-11,13,20H,12H2,1-2H3,(H,21,23). The predicted molar refractivity (Wildman–Crippen MR) is 105 cm³/mol. The van der Waals surface area contributed by atoms with Crippen molar-refractivity contribution in [3.63, 3.8) is 0 Å². The van der Waals surface area contributed by atoms with Gasteiger partial charge >= 0.3 is 0 Å². The molecule has 0 aliphatic heterocycles. The summed E-state index contributed by atoms with van der Waals surface area (Å²) in [5.41, 5.74) is 0.365. The maximum absolute atomic E-state index is 12.4. The number of hydrogen-bond donors (Lipinski definition) is 2. The second-order valence-electron chi connectivity index (χ2n) is 6.14. The molecule has 0 saturated carbocycles. The molecule has 9 heteroatoms. The summed E-state index contributed by atoms with van der Waals surface area (Å²) in [4.78, 5) is 13.5. The highest BCUT2D eigenvalue weighted by Gasteiger charge is 2.16. The van der Waals surface area contributed by atoms with Crippen LogP contribution in [0.15, 0.2) is 58.9 Å². The Morgan fingerprint density at radius 1 is 1.19 bits per heavy atom. The van der Waals surface area contributed by atoms with Gasteiger partial charge in [-0.2, -0.15) is 5.10 Å². The third-order valence-electron chi connectivity index (χ3n) is 3.84. The van der Waals surface area contributed by atoms with Crippen molar-refractivity contribution in [2.24, 2.45) is 0 Å². The van der Waals surface area contributed by atoms with Gasteiger partial charge in [0.05, 0.1) is 11.1 Å². The van der Waals surface area contributed by atoms with Crippen molar-refractivity contribution in [3.05, 3.63) is 64.5 Å². The van der Waals surface area contributed by atoms with Crippen molar-refractivity contribution in [3.8, 4) is 0 Å². The Balaban J connectivity index is 1.68. The van der Waals surface area contributed by atoms with Gasteiger partial charge < -0.3 is 5.32 Å². The third-order valence-corrected chi connectivity index (χ3v) is 6.14. The van der Waals surface area contributed by atoms with Gasteiger partial charge in [0.15, 0.2) is 0 Å². The molecule has 2 aromatic heterocycles. The first-order chi connectivity index (χ1) is 12.9. The lowest BCUT2D eigenvalue weighted by Crippen LogP contribution is -2.23. The Bertz CT molecular complexity index is 1010. The number of nitrogens with one attached hydrogen (secondary N) is 2. The molecule has 0 aliphatic carbocycles. The van der Waals surface area contributed by atoms with Crippen LogP contribution >= 0.6 is 11.3 Å². The number of thiophene rings is 1. The zero-order valence-corrected chi connectivity index (χ0v) is 16.5. The first-order valence-corrected chi connectivity index (χ1v) is 10.7. The van der Waals surface area contributed by atoms with Crippen molar-refractivity contribution in [1.82, 2.24) is 14.5 Å². The van der Waals surface area contributed by atoms with Crippen molar-refractivity contribution in [2.75, 3.05) is 5.32 Å². The molecule has 2 N–H and O–H groups in total. The van der Waals surface area contributed by atoms with E-state index in [4.69, 9.17) is 0 Å². The SMILES string of the molecule is CC(C)n1nccc1NC(=O)c1ccc(S(=O)(=O)NCc2cccs2)cc1. The second kappa shape index (κ2) is 8.03. The van der Waals surface area contributed by atoms with Crippen LogP contribution in [-0.4, -0.2) is 24.1 Å². The van der Waals surface area contributed by atoms with Crippen molar-refractivity contribution in [1.29, 1.82) is 0 Å². The van der Waals surface area contributed by atoms with Crippen LogP contribution < -0.4 is 10.0 Å². The van der Waals surface area contributed by atoms with E-state index in [0.29, 0.717) is 11.4 Å². The Hall–Kier alpha value is -2.49. The monoisotopic (exact) mass is 404 g/mol. The predicted octanol–water partition coefficient (Wildman–Crippen LogP) is 3.26. The highest BCUT2D eigenvalue weighted by Crippen LogP contribution is 2.16. The zero-order valence-electron chi connectivity index (χ0n) is 14.9. The van der Waals surface area contributed by atoms with Crippen molar-refractivity contribution < 1.29 is 13.2 Å². The molecule has 3 rings (SSSR count). The molecule has 27 heavy (non-hydrogen) atoms. The Morgan fingerprint density at radius 3 is 2.56 bits per heavy atom. The van der Waals surface area contributed by atoms with Crippen LogP contribution in [0.5, 0.6) is 0 Å². The van der Waals surface area contributed by atoms with Gasteiger partial charge in [-0.15, -0.1) is 11.3 Å². The molecule has 0 fully saturated rings. The number of carbonyl (C=O) groups excluding carboxylic acids is 1. The largest absolute Gasteiger partial charge is 0.307 e. The van der Waals surface area contributed by atoms with E-state index in [2.05, 4.69) is 15.1 Å². The van der Waals surface area contributed by atoms with Crippen LogP contribution in [0, 0.1) is 0 Å². The lowest BCUT2D eigenvalue weighted by atomic mass is 10.2. The molecule has 0 atom stereocenters. The van der Waals surface area contributed by atoms with Gasteiger partial charge in [0.1, 0.15) is 5.82 Å². The number of sulfonamides is 1. The summed E-state index contributed by atoms with van der Waals surface area (Å²) in [6.45, 7) is 4.17. The summed E-state index contributed by atoms with van der Waals surface area (Å²) in [7, 11) is -3.64. The van der Waals surface area contributed by atoms with E-state index in [1.54, 1.807) is 16.9 Å². The quantitative estimate of drug-likeness (QED) is 0.632. The molecule has 7 nitrogen and oxygen atoms in total. The first kappa shape index (κ1) is 19.3. The fourth-order valence-corrected chi connectivity index (χ4v) is 4.20. The average molecular weight is 405 g/mol. The lowest BCUT2D eigenvalue weighted by molar-refractivity contribution is 0.102. The number of amides is 1. The number of hydrogen-bond acceptors (Lipinski definition) is 5. The van der Waals surface area contributed by atoms with E-state index in [1.165, 1.54) is 35.6 Å². The van der Waals surface area contributed by atoms with Gasteiger partial charge in [-0.1, -0.05) is 6.07 Å². The van der Waals surface area contributed by atoms with Gasteiger partial charge in [0.25, 0.3) is 5.91 Å². The fraction of sp³-hybridized carbons (Fsp3) is 0.222. The van der Waals surface area contributed by atoms with E-state index in [0.717, 1.165) is 4.88 Å². The molecule has 1 aromatic carbocycles. The van der Waals surface area contributed by atoms with Crippen LogP contribution in [0.2, 0.25) is 0 Å². The summed E-state index contributed by atoms with van der Waals surface area (Å²) < 4.78 is 29.0. The molecule has 2 heterocycles. The van der Waals surface area contributed by atoms with Crippen molar-refractivity contribution in [2.45, 2.75) is 31.3 Å². The second-order valence-corrected chi connectivity index (χ2v) is 8.94. The highest BCUT2D eigenvalue weighted by molar-refractivity contribution is 7.89. The topological polar surface area (TPSA) is 93.1 Å². The van der Waals surface area contributed by atoms with Crippen LogP contribution in [-0.2, 0) is 16.6 Å². The molecule has 1 amide bonds. The number of aromatic nitrogens is 2. The summed E-state index contributed by atoms with van der Waals surface area (Å²) in [5, 5.41) is 8.84. The normalized spacial score (nSPS) is 11.7. The Kier molecular flexibility index (Phi) is 5.73. The van der Waals surface area contributed by atoms with E-state index in [1.807, 2.05) is 31.4 Å². The zero-order chi connectivity index (χ0) is 19.4. The maximum Gasteiger partial charge on any atom is 0.256 e. The minimum Gasteiger partial charge on any atom is -0.307 e. The minimum absolute atomic E-state index is 0.109. The number of carbonyl (C=O) groups is 1. The summed E-state index contributed by atoms with van der Waals surface area (Å²) in [6.07, 6.45) is 1.62. The van der Waals surface area contributed by atoms with Gasteiger partial charge in [-0.25, -0.2) is 17.8 Å². The number of anilines is 1. The molecule has 0 aliphatic rings. The third kappa shape index (κ3) is 4.62. The Morgan fingerprint density at radius 2 is 1.93 bits per heavy atom. The number of nitrogens with zero attached hydrogens (tertiary/aromatic N) is 2.